The van der Waals surface area contributed by atoms with Crippen molar-refractivity contribution in [2.45, 2.75) is 13.0 Å². The van der Waals surface area contributed by atoms with E-state index in [1.807, 2.05) is 36.2 Å². The van der Waals surface area contributed by atoms with E-state index in [0.29, 0.717) is 35.1 Å². The summed E-state index contributed by atoms with van der Waals surface area (Å²) in [6.07, 6.45) is 0.781. The quantitative estimate of drug-likeness (QED) is 0.349. The minimum atomic E-state index is -0.407. The van der Waals surface area contributed by atoms with Crippen LogP contribution in [0.4, 0.5) is 4.39 Å². The molecule has 0 spiro atoms. The molecule has 2 aromatic carbocycles. The lowest BCUT2D eigenvalue weighted by Crippen LogP contribution is -2.39. The molecule has 1 N–H and O–H groups in total. The fraction of sp³-hybridized carbons (Fsp3) is 0.333. The summed E-state index contributed by atoms with van der Waals surface area (Å²) in [6.45, 7) is 0.996. The monoisotopic (exact) mass is 512 g/mol. The number of nitrogens with zero attached hydrogens (tertiary/aromatic N) is 3. The molecule has 0 saturated heterocycles. The van der Waals surface area contributed by atoms with Crippen LogP contribution in [0, 0.1) is 17.1 Å². The van der Waals surface area contributed by atoms with Gasteiger partial charge >= 0.3 is 0 Å². The van der Waals surface area contributed by atoms with Crippen molar-refractivity contribution in [3.63, 3.8) is 0 Å². The van der Waals surface area contributed by atoms with E-state index in [2.05, 4.69) is 10.3 Å². The van der Waals surface area contributed by atoms with Crippen LogP contribution in [0.5, 0.6) is 11.5 Å². The highest BCUT2D eigenvalue weighted by Gasteiger charge is 2.10. The van der Waals surface area contributed by atoms with Crippen molar-refractivity contribution < 1.29 is 13.9 Å². The topological polar surface area (TPSA) is 69.9 Å². The van der Waals surface area contributed by atoms with Gasteiger partial charge < -0.3 is 19.7 Å². The van der Waals surface area contributed by atoms with Gasteiger partial charge in [-0.3, -0.25) is 4.99 Å². The second-order valence-corrected chi connectivity index (χ2v) is 6.18. The maximum atomic E-state index is 14.0. The first-order valence-corrected chi connectivity index (χ1v) is 8.83. The molecule has 0 unspecified atom stereocenters. The fourth-order valence-corrected chi connectivity index (χ4v) is 2.76. The number of guanidine groups is 1. The maximum absolute atomic E-state index is 14.0. The average molecular weight is 512 g/mol. The van der Waals surface area contributed by atoms with E-state index in [1.54, 1.807) is 33.4 Å². The summed E-state index contributed by atoms with van der Waals surface area (Å²) in [5.74, 6) is 1.64. The summed E-state index contributed by atoms with van der Waals surface area (Å²) < 4.78 is 24.6. The van der Waals surface area contributed by atoms with Crippen LogP contribution in [-0.2, 0) is 13.0 Å². The van der Waals surface area contributed by atoms with Crippen LogP contribution in [0.1, 0.15) is 16.7 Å². The third kappa shape index (κ3) is 6.78. The van der Waals surface area contributed by atoms with E-state index in [-0.39, 0.29) is 30.5 Å². The number of nitrogens with one attached hydrogen (secondary N) is 1. The second-order valence-electron chi connectivity index (χ2n) is 6.18. The van der Waals surface area contributed by atoms with Crippen LogP contribution in [0.3, 0.4) is 0 Å². The Morgan fingerprint density at radius 1 is 1.17 bits per heavy atom. The van der Waals surface area contributed by atoms with Gasteiger partial charge in [-0.2, -0.15) is 5.26 Å². The zero-order chi connectivity index (χ0) is 20.5. The molecular weight excluding hydrogens is 486 g/mol. The first-order valence-electron chi connectivity index (χ1n) is 8.83. The molecule has 6 nitrogen and oxygen atoms in total. The highest BCUT2D eigenvalue weighted by atomic mass is 127. The summed E-state index contributed by atoms with van der Waals surface area (Å²) in [7, 11) is 6.83. The molecule has 8 heteroatoms. The molecule has 0 aliphatic rings. The number of ether oxygens (including phenoxy) is 2. The molecule has 0 radical (unpaired) electrons. The van der Waals surface area contributed by atoms with Crippen LogP contribution in [-0.4, -0.2) is 45.7 Å². The number of hydrogen-bond acceptors (Lipinski definition) is 4. The predicted molar refractivity (Wildman–Crippen MR) is 123 cm³/mol. The van der Waals surface area contributed by atoms with Gasteiger partial charge in [0, 0.05) is 32.7 Å². The second kappa shape index (κ2) is 12.1. The first kappa shape index (κ1) is 24.5. The Morgan fingerprint density at radius 3 is 2.48 bits per heavy atom. The van der Waals surface area contributed by atoms with Gasteiger partial charge in [-0.15, -0.1) is 24.0 Å². The van der Waals surface area contributed by atoms with Crippen LogP contribution in [0.25, 0.3) is 0 Å². The number of hydrogen-bond donors (Lipinski definition) is 1. The Balaban J connectivity index is 0.00000420. The SMILES string of the molecule is CN=C(NCc1ccc(C#N)cc1F)N(C)CCc1ccc(OC)c(OC)c1.I. The molecule has 156 valence electrons. The summed E-state index contributed by atoms with van der Waals surface area (Å²) >= 11 is 0. The van der Waals surface area contributed by atoms with Crippen LogP contribution < -0.4 is 14.8 Å². The van der Waals surface area contributed by atoms with Gasteiger partial charge in [0.2, 0.25) is 0 Å². The molecule has 0 fully saturated rings. The van der Waals surface area contributed by atoms with Gasteiger partial charge in [0.25, 0.3) is 0 Å². The summed E-state index contributed by atoms with van der Waals surface area (Å²) in [5, 5.41) is 12.0. The number of methoxy groups -OCH3 is 2. The Bertz CT molecular complexity index is 883. The summed E-state index contributed by atoms with van der Waals surface area (Å²) in [6, 6.07) is 12.2. The molecule has 0 aliphatic heterocycles. The van der Waals surface area contributed by atoms with E-state index < -0.39 is 5.82 Å². The molecular formula is C21H26FIN4O2. The van der Waals surface area contributed by atoms with E-state index >= 15 is 0 Å². The lowest BCUT2D eigenvalue weighted by molar-refractivity contribution is 0.354. The fourth-order valence-electron chi connectivity index (χ4n) is 2.76. The third-order valence-electron chi connectivity index (χ3n) is 4.38. The standard InChI is InChI=1S/C21H25FN4O2.HI/c1-24-21(25-14-17-7-5-16(13-23)11-18(17)22)26(2)10-9-15-6-8-19(27-3)20(12-15)28-4;/h5-8,11-12H,9-10,14H2,1-4H3,(H,24,25);1H. The van der Waals surface area contributed by atoms with E-state index in [0.717, 1.165) is 12.0 Å². The van der Waals surface area contributed by atoms with Gasteiger partial charge in [0.15, 0.2) is 17.5 Å². The van der Waals surface area contributed by atoms with E-state index in [1.165, 1.54) is 6.07 Å². The van der Waals surface area contributed by atoms with Crippen LogP contribution in [0.15, 0.2) is 41.4 Å². The molecule has 0 heterocycles. The predicted octanol–water partition coefficient (Wildman–Crippen LogP) is 3.58. The number of aliphatic imine (C=N–C) groups is 1. The number of halogens is 2. The smallest absolute Gasteiger partial charge is 0.193 e. The molecule has 2 rings (SSSR count). The number of nitriles is 1. The Kier molecular flexibility index (Phi) is 10.2. The highest BCUT2D eigenvalue weighted by molar-refractivity contribution is 14.0. The van der Waals surface area contributed by atoms with Crippen molar-refractivity contribution >= 4 is 29.9 Å². The minimum Gasteiger partial charge on any atom is -0.493 e. The molecule has 0 aliphatic carbocycles. The maximum Gasteiger partial charge on any atom is 0.193 e. The van der Waals surface area contributed by atoms with Gasteiger partial charge in [0.05, 0.1) is 25.9 Å². The zero-order valence-electron chi connectivity index (χ0n) is 17.0. The molecule has 0 saturated carbocycles. The van der Waals surface area contributed by atoms with Crippen LogP contribution >= 0.6 is 24.0 Å². The van der Waals surface area contributed by atoms with Crippen LogP contribution in [0.2, 0.25) is 0 Å². The summed E-state index contributed by atoms with van der Waals surface area (Å²) in [4.78, 5) is 6.22. The van der Waals surface area contributed by atoms with Gasteiger partial charge in [-0.1, -0.05) is 12.1 Å². The van der Waals surface area contributed by atoms with E-state index in [9.17, 15) is 4.39 Å². The Labute approximate surface area is 188 Å². The van der Waals surface area contributed by atoms with Gasteiger partial charge in [0.1, 0.15) is 5.82 Å². The van der Waals surface area contributed by atoms with Crippen molar-refractivity contribution in [3.05, 3.63) is 58.9 Å². The normalized spacial score (nSPS) is 10.6. The minimum absolute atomic E-state index is 0. The largest absolute Gasteiger partial charge is 0.493 e. The highest BCUT2D eigenvalue weighted by Crippen LogP contribution is 2.27. The van der Waals surface area contributed by atoms with Gasteiger partial charge in [-0.05, 0) is 36.2 Å². The van der Waals surface area contributed by atoms with E-state index in [4.69, 9.17) is 14.7 Å². The molecule has 2 aromatic rings. The molecule has 0 aromatic heterocycles. The zero-order valence-corrected chi connectivity index (χ0v) is 19.4. The third-order valence-corrected chi connectivity index (χ3v) is 4.38. The van der Waals surface area contributed by atoms with Crippen molar-refractivity contribution in [2.24, 2.45) is 4.99 Å². The lowest BCUT2D eigenvalue weighted by atomic mass is 10.1. The average Bonchev–Trinajstić information content (AvgIpc) is 2.73. The van der Waals surface area contributed by atoms with Crippen molar-refractivity contribution in [1.82, 2.24) is 10.2 Å². The van der Waals surface area contributed by atoms with Crippen molar-refractivity contribution in [1.29, 1.82) is 5.26 Å². The molecule has 0 atom stereocenters. The number of benzene rings is 2. The lowest BCUT2D eigenvalue weighted by Gasteiger charge is -2.22. The molecule has 0 amide bonds. The van der Waals surface area contributed by atoms with Crippen molar-refractivity contribution in [2.75, 3.05) is 34.9 Å². The van der Waals surface area contributed by atoms with Crippen molar-refractivity contribution in [3.8, 4) is 17.6 Å². The Hall–Kier alpha value is -2.54. The van der Waals surface area contributed by atoms with Gasteiger partial charge in [-0.25, -0.2) is 4.39 Å². The molecule has 0 bridgehead atoms. The summed E-state index contributed by atoms with van der Waals surface area (Å²) in [5.41, 5.74) is 1.89. The molecule has 29 heavy (non-hydrogen) atoms. The number of rotatable bonds is 7. The first-order chi connectivity index (χ1) is 13.5. The Morgan fingerprint density at radius 2 is 1.90 bits per heavy atom. The number of likely N-dealkylation sites (N-methyl/N-ethyl adjacent to an activating group) is 1.